The Hall–Kier alpha value is -1.79. The van der Waals surface area contributed by atoms with E-state index in [0.29, 0.717) is 25.3 Å². The first-order valence-electron chi connectivity index (χ1n) is 6.56. The van der Waals surface area contributed by atoms with Gasteiger partial charge in [-0.2, -0.15) is 0 Å². The average Bonchev–Trinajstić information content (AvgIpc) is 2.70. The van der Waals surface area contributed by atoms with E-state index >= 15 is 0 Å². The molecule has 1 fully saturated rings. The van der Waals surface area contributed by atoms with Gasteiger partial charge in [-0.3, -0.25) is 9.59 Å². The number of rotatable bonds is 3. The lowest BCUT2D eigenvalue weighted by molar-refractivity contribution is -0.179. The first kappa shape index (κ1) is 13.2. The number of benzene rings is 1. The van der Waals surface area contributed by atoms with Gasteiger partial charge in [-0.15, -0.1) is 0 Å². The highest BCUT2D eigenvalue weighted by molar-refractivity contribution is 6.52. The van der Waals surface area contributed by atoms with Crippen molar-refractivity contribution in [1.82, 2.24) is 0 Å². The summed E-state index contributed by atoms with van der Waals surface area (Å²) >= 11 is 0. The van der Waals surface area contributed by atoms with Gasteiger partial charge in [0.05, 0.1) is 24.5 Å². The quantitative estimate of drug-likeness (QED) is 0.787. The van der Waals surface area contributed by atoms with Gasteiger partial charge in [-0.1, -0.05) is 0 Å². The second-order valence-electron chi connectivity index (χ2n) is 4.76. The van der Waals surface area contributed by atoms with Crippen molar-refractivity contribution in [3.05, 3.63) is 29.6 Å². The molecule has 0 unspecified atom stereocenters. The Morgan fingerprint density at radius 3 is 2.75 bits per heavy atom. The molecule has 5 nitrogen and oxygen atoms in total. The number of ether oxygens (including phenoxy) is 2. The van der Waals surface area contributed by atoms with Crippen LogP contribution in [0.2, 0.25) is 0 Å². The SMILES string of the molecule is O=C1C(=O)N(CCC2OCCCO2)c2cc(F)ccc21. The molecule has 106 valence electrons. The summed E-state index contributed by atoms with van der Waals surface area (Å²) in [7, 11) is 0. The summed E-state index contributed by atoms with van der Waals surface area (Å²) in [6.45, 7) is 1.53. The number of nitrogens with zero attached hydrogens (tertiary/aromatic N) is 1. The van der Waals surface area contributed by atoms with Crippen LogP contribution in [-0.2, 0) is 14.3 Å². The van der Waals surface area contributed by atoms with Crippen LogP contribution in [0, 0.1) is 5.82 Å². The maximum Gasteiger partial charge on any atom is 0.299 e. The highest BCUT2D eigenvalue weighted by Gasteiger charge is 2.36. The molecule has 1 saturated heterocycles. The molecule has 0 saturated carbocycles. The Kier molecular flexibility index (Phi) is 3.50. The molecule has 20 heavy (non-hydrogen) atoms. The van der Waals surface area contributed by atoms with Crippen molar-refractivity contribution in [2.45, 2.75) is 19.1 Å². The van der Waals surface area contributed by atoms with Crippen molar-refractivity contribution in [2.24, 2.45) is 0 Å². The third-order valence-corrected chi connectivity index (χ3v) is 3.42. The normalized spacial score (nSPS) is 19.6. The molecule has 1 amide bonds. The van der Waals surface area contributed by atoms with Crippen molar-refractivity contribution in [1.29, 1.82) is 0 Å². The summed E-state index contributed by atoms with van der Waals surface area (Å²) in [5.74, 6) is -1.69. The lowest BCUT2D eigenvalue weighted by Crippen LogP contribution is -2.35. The Balaban J connectivity index is 1.75. The van der Waals surface area contributed by atoms with Crippen LogP contribution < -0.4 is 4.90 Å². The summed E-state index contributed by atoms with van der Waals surface area (Å²) in [5.41, 5.74) is 0.581. The zero-order chi connectivity index (χ0) is 14.1. The van der Waals surface area contributed by atoms with E-state index in [4.69, 9.17) is 9.47 Å². The number of Topliss-reactive ketones (excluding diaryl/α,β-unsaturated/α-hetero) is 1. The topological polar surface area (TPSA) is 55.8 Å². The Morgan fingerprint density at radius 2 is 2.00 bits per heavy atom. The van der Waals surface area contributed by atoms with Crippen LogP contribution in [0.4, 0.5) is 10.1 Å². The third kappa shape index (κ3) is 2.32. The summed E-state index contributed by atoms with van der Waals surface area (Å²) in [4.78, 5) is 25.0. The second-order valence-corrected chi connectivity index (χ2v) is 4.76. The van der Waals surface area contributed by atoms with Crippen LogP contribution in [0.5, 0.6) is 0 Å². The van der Waals surface area contributed by atoms with E-state index in [1.165, 1.54) is 23.1 Å². The maximum atomic E-state index is 13.3. The molecule has 2 aliphatic heterocycles. The number of hydrogen-bond donors (Lipinski definition) is 0. The van der Waals surface area contributed by atoms with Gasteiger partial charge in [0.15, 0.2) is 6.29 Å². The summed E-state index contributed by atoms with van der Waals surface area (Å²) in [6, 6.07) is 3.74. The highest BCUT2D eigenvalue weighted by atomic mass is 19.1. The average molecular weight is 279 g/mol. The molecule has 2 aliphatic rings. The van der Waals surface area contributed by atoms with E-state index in [0.717, 1.165) is 6.42 Å². The molecule has 0 radical (unpaired) electrons. The number of carbonyl (C=O) groups excluding carboxylic acids is 2. The molecule has 0 aromatic heterocycles. The number of carbonyl (C=O) groups is 2. The van der Waals surface area contributed by atoms with Gasteiger partial charge < -0.3 is 14.4 Å². The van der Waals surface area contributed by atoms with Crippen LogP contribution in [0.3, 0.4) is 0 Å². The second kappa shape index (κ2) is 5.30. The molecular formula is C14H14FNO4. The first-order chi connectivity index (χ1) is 9.66. The summed E-state index contributed by atoms with van der Waals surface area (Å²) in [6.07, 6.45) is 0.935. The minimum atomic E-state index is -0.624. The van der Waals surface area contributed by atoms with Gasteiger partial charge in [-0.05, 0) is 24.6 Å². The zero-order valence-corrected chi connectivity index (χ0v) is 10.8. The van der Waals surface area contributed by atoms with E-state index in [2.05, 4.69) is 0 Å². The third-order valence-electron chi connectivity index (χ3n) is 3.42. The molecule has 0 aliphatic carbocycles. The summed E-state index contributed by atoms with van der Waals surface area (Å²) < 4.78 is 24.1. The molecule has 1 aromatic rings. The van der Waals surface area contributed by atoms with Crippen molar-refractivity contribution in [3.63, 3.8) is 0 Å². The molecule has 0 bridgehead atoms. The molecule has 6 heteroatoms. The molecule has 2 heterocycles. The van der Waals surface area contributed by atoms with Gasteiger partial charge in [0.2, 0.25) is 0 Å². The van der Waals surface area contributed by atoms with Crippen LogP contribution >= 0.6 is 0 Å². The number of anilines is 1. The van der Waals surface area contributed by atoms with Gasteiger partial charge in [0.25, 0.3) is 11.7 Å². The van der Waals surface area contributed by atoms with E-state index in [1.54, 1.807) is 0 Å². The number of hydrogen-bond acceptors (Lipinski definition) is 4. The molecule has 0 spiro atoms. The fraction of sp³-hybridized carbons (Fsp3) is 0.429. The number of halogens is 1. The first-order valence-corrected chi connectivity index (χ1v) is 6.56. The largest absolute Gasteiger partial charge is 0.353 e. The van der Waals surface area contributed by atoms with Gasteiger partial charge in [0, 0.05) is 13.0 Å². The van der Waals surface area contributed by atoms with E-state index in [-0.39, 0.29) is 18.4 Å². The van der Waals surface area contributed by atoms with E-state index < -0.39 is 17.5 Å². The predicted molar refractivity (Wildman–Crippen MR) is 68.0 cm³/mol. The van der Waals surface area contributed by atoms with Gasteiger partial charge >= 0.3 is 0 Å². The van der Waals surface area contributed by atoms with Crippen molar-refractivity contribution < 1.29 is 23.5 Å². The Labute approximate surface area is 115 Å². The molecule has 3 rings (SSSR count). The van der Waals surface area contributed by atoms with Crippen LogP contribution in [0.25, 0.3) is 0 Å². The minimum absolute atomic E-state index is 0.252. The lowest BCUT2D eigenvalue weighted by Gasteiger charge is -2.25. The monoisotopic (exact) mass is 279 g/mol. The van der Waals surface area contributed by atoms with Crippen molar-refractivity contribution >= 4 is 17.4 Å². The van der Waals surface area contributed by atoms with E-state index in [9.17, 15) is 14.0 Å². The maximum absolute atomic E-state index is 13.3. The predicted octanol–water partition coefficient (Wildman–Crippen LogP) is 1.51. The Bertz CT molecular complexity index is 554. The summed E-state index contributed by atoms with van der Waals surface area (Å²) in [5, 5.41) is 0. The van der Waals surface area contributed by atoms with Gasteiger partial charge in [0.1, 0.15) is 5.82 Å². The van der Waals surface area contributed by atoms with Crippen molar-refractivity contribution in [3.8, 4) is 0 Å². The smallest absolute Gasteiger partial charge is 0.299 e. The standard InChI is InChI=1S/C14H14FNO4/c15-9-2-3-10-11(8-9)16(14(18)13(10)17)5-4-12-19-6-1-7-20-12/h2-3,8,12H,1,4-7H2. The molecule has 0 N–H and O–H groups in total. The number of ketones is 1. The molecule has 1 aromatic carbocycles. The number of amides is 1. The van der Waals surface area contributed by atoms with Crippen LogP contribution in [-0.4, -0.2) is 37.7 Å². The zero-order valence-electron chi connectivity index (χ0n) is 10.8. The van der Waals surface area contributed by atoms with E-state index in [1.807, 2.05) is 0 Å². The highest BCUT2D eigenvalue weighted by Crippen LogP contribution is 2.30. The molecule has 0 atom stereocenters. The Morgan fingerprint density at radius 1 is 1.25 bits per heavy atom. The fourth-order valence-electron chi connectivity index (χ4n) is 2.43. The minimum Gasteiger partial charge on any atom is -0.353 e. The molecular weight excluding hydrogens is 265 g/mol. The van der Waals surface area contributed by atoms with Gasteiger partial charge in [-0.25, -0.2) is 4.39 Å². The van der Waals surface area contributed by atoms with Crippen LogP contribution in [0.1, 0.15) is 23.2 Å². The lowest BCUT2D eigenvalue weighted by atomic mass is 10.1. The van der Waals surface area contributed by atoms with Crippen LogP contribution in [0.15, 0.2) is 18.2 Å². The fourth-order valence-corrected chi connectivity index (χ4v) is 2.43. The van der Waals surface area contributed by atoms with Crippen molar-refractivity contribution in [2.75, 3.05) is 24.7 Å². The number of fused-ring (bicyclic) bond motifs is 1.